The quantitative estimate of drug-likeness (QED) is 0.274. The molecule has 0 aliphatic rings. The lowest BCUT2D eigenvalue weighted by Crippen LogP contribution is -2.22. The van der Waals surface area contributed by atoms with Gasteiger partial charge in [0.05, 0.1) is 22.7 Å². The zero-order valence-corrected chi connectivity index (χ0v) is 17.6. The predicted molar refractivity (Wildman–Crippen MR) is 117 cm³/mol. The third-order valence-electron chi connectivity index (χ3n) is 4.80. The van der Waals surface area contributed by atoms with Crippen LogP contribution in [0.4, 0.5) is 0 Å². The maximum atomic E-state index is 13.2. The first-order valence-corrected chi connectivity index (χ1v) is 10.7. The van der Waals surface area contributed by atoms with Crippen LogP contribution in [0, 0.1) is 11.3 Å². The van der Waals surface area contributed by atoms with E-state index >= 15 is 0 Å². The Kier molecular flexibility index (Phi) is 6.77. The minimum Gasteiger partial charge on any atom is -0.268 e. The fourth-order valence-corrected chi connectivity index (χ4v) is 4.08. The highest BCUT2D eigenvalue weighted by atomic mass is 35.5. The summed E-state index contributed by atoms with van der Waals surface area (Å²) in [5.41, 5.74) is 2.53. The van der Waals surface area contributed by atoms with Gasteiger partial charge < -0.3 is 0 Å². The van der Waals surface area contributed by atoms with E-state index in [9.17, 15) is 4.79 Å². The second kappa shape index (κ2) is 9.27. The van der Waals surface area contributed by atoms with E-state index in [0.717, 1.165) is 24.3 Å². The van der Waals surface area contributed by atoms with Crippen molar-refractivity contribution in [3.8, 4) is 11.8 Å². The summed E-state index contributed by atoms with van der Waals surface area (Å²) in [5.74, 6) is 1.19. The summed E-state index contributed by atoms with van der Waals surface area (Å²) in [6.07, 6.45) is 2.30. The second-order valence-electron chi connectivity index (χ2n) is 6.71. The topological polar surface area (TPSA) is 58.7 Å². The Morgan fingerprint density at radius 2 is 2.00 bits per heavy atom. The van der Waals surface area contributed by atoms with Gasteiger partial charge in [0.15, 0.2) is 5.16 Å². The van der Waals surface area contributed by atoms with Crippen LogP contribution in [-0.2, 0) is 0 Å². The first-order chi connectivity index (χ1) is 13.5. The molecule has 1 atom stereocenters. The molecule has 0 fully saturated rings. The van der Waals surface area contributed by atoms with E-state index in [1.807, 2.05) is 12.1 Å². The Labute approximate surface area is 174 Å². The Morgan fingerprint density at radius 1 is 1.25 bits per heavy atom. The molecule has 0 saturated heterocycles. The Morgan fingerprint density at radius 3 is 2.68 bits per heavy atom. The number of unbranched alkanes of at least 4 members (excludes halogenated alkanes) is 1. The summed E-state index contributed by atoms with van der Waals surface area (Å²) < 4.78 is 1.66. The van der Waals surface area contributed by atoms with Crippen LogP contribution in [0.5, 0.6) is 0 Å². The molecule has 0 spiro atoms. The van der Waals surface area contributed by atoms with Crippen LogP contribution in [0.1, 0.15) is 44.6 Å². The standard InChI is InChI=1S/C22H22ClN3OS/c1-3-15(2)16-6-9-18(10-7-16)26-21(27)19-11-8-17(23)14-20(19)25-22(26)28-13-5-4-12-24/h6-11,14-15H,3-5,13H2,1-2H3/t15-/m0/s1. The minimum absolute atomic E-state index is 0.110. The van der Waals surface area contributed by atoms with Crippen molar-refractivity contribution in [1.29, 1.82) is 5.26 Å². The molecule has 0 saturated carbocycles. The number of nitrogens with zero attached hydrogens (tertiary/aromatic N) is 3. The molecule has 4 nitrogen and oxygen atoms in total. The number of aromatic nitrogens is 2. The van der Waals surface area contributed by atoms with E-state index < -0.39 is 0 Å². The van der Waals surface area contributed by atoms with Crippen LogP contribution < -0.4 is 5.56 Å². The van der Waals surface area contributed by atoms with Gasteiger partial charge in [0.1, 0.15) is 0 Å². The summed E-state index contributed by atoms with van der Waals surface area (Å²) in [6.45, 7) is 4.36. The number of nitriles is 1. The SMILES string of the molecule is CC[C@H](C)c1ccc(-n2c(SCCCC#N)nc3cc(Cl)ccc3c2=O)cc1. The van der Waals surface area contributed by atoms with Gasteiger partial charge in [-0.1, -0.05) is 49.3 Å². The fourth-order valence-electron chi connectivity index (χ4n) is 2.97. The summed E-state index contributed by atoms with van der Waals surface area (Å²) in [4.78, 5) is 17.9. The number of benzene rings is 2. The summed E-state index contributed by atoms with van der Waals surface area (Å²) >= 11 is 7.58. The molecule has 3 aromatic rings. The lowest BCUT2D eigenvalue weighted by molar-refractivity contribution is 0.732. The molecule has 0 amide bonds. The molecule has 0 bridgehead atoms. The van der Waals surface area contributed by atoms with E-state index in [-0.39, 0.29) is 5.56 Å². The largest absolute Gasteiger partial charge is 0.268 e. The van der Waals surface area contributed by atoms with Crippen LogP contribution in [0.25, 0.3) is 16.6 Å². The van der Waals surface area contributed by atoms with Crippen LogP contribution >= 0.6 is 23.4 Å². The normalized spacial score (nSPS) is 12.1. The van der Waals surface area contributed by atoms with Crippen LogP contribution in [0.2, 0.25) is 5.02 Å². The molecule has 0 radical (unpaired) electrons. The van der Waals surface area contributed by atoms with Gasteiger partial charge in [-0.15, -0.1) is 0 Å². The Bertz CT molecular complexity index is 1070. The van der Waals surface area contributed by atoms with Crippen molar-refractivity contribution >= 4 is 34.3 Å². The molecule has 0 aliphatic carbocycles. The molecular formula is C22H22ClN3OS. The van der Waals surface area contributed by atoms with E-state index in [1.54, 1.807) is 22.8 Å². The maximum absolute atomic E-state index is 13.2. The van der Waals surface area contributed by atoms with Crippen LogP contribution in [-0.4, -0.2) is 15.3 Å². The summed E-state index contributed by atoms with van der Waals surface area (Å²) in [7, 11) is 0. The highest BCUT2D eigenvalue weighted by Crippen LogP contribution is 2.25. The summed E-state index contributed by atoms with van der Waals surface area (Å²) in [6, 6.07) is 15.4. The average Bonchev–Trinajstić information content (AvgIpc) is 2.70. The van der Waals surface area contributed by atoms with Gasteiger partial charge in [-0.2, -0.15) is 5.26 Å². The fraction of sp³-hybridized carbons (Fsp3) is 0.318. The molecule has 0 aliphatic heterocycles. The number of hydrogen-bond acceptors (Lipinski definition) is 4. The Hall–Kier alpha value is -2.29. The van der Waals surface area contributed by atoms with Crippen molar-refractivity contribution in [2.24, 2.45) is 0 Å². The first-order valence-electron chi connectivity index (χ1n) is 9.37. The van der Waals surface area contributed by atoms with E-state index in [0.29, 0.717) is 33.4 Å². The van der Waals surface area contributed by atoms with E-state index in [2.05, 4.69) is 32.0 Å². The van der Waals surface area contributed by atoms with Gasteiger partial charge in [0, 0.05) is 17.2 Å². The molecule has 28 heavy (non-hydrogen) atoms. The third-order valence-corrected chi connectivity index (χ3v) is 6.06. The molecule has 1 aromatic heterocycles. The van der Waals surface area contributed by atoms with Gasteiger partial charge >= 0.3 is 0 Å². The van der Waals surface area contributed by atoms with Gasteiger partial charge in [-0.05, 0) is 54.7 Å². The van der Waals surface area contributed by atoms with Gasteiger partial charge in [-0.25, -0.2) is 4.98 Å². The van der Waals surface area contributed by atoms with Crippen molar-refractivity contribution in [2.45, 2.75) is 44.2 Å². The van der Waals surface area contributed by atoms with Crippen LogP contribution in [0.3, 0.4) is 0 Å². The van der Waals surface area contributed by atoms with Gasteiger partial charge in [0.2, 0.25) is 0 Å². The van der Waals surface area contributed by atoms with Crippen molar-refractivity contribution in [3.63, 3.8) is 0 Å². The summed E-state index contributed by atoms with van der Waals surface area (Å²) in [5, 5.41) is 10.5. The number of rotatable bonds is 7. The molecule has 1 heterocycles. The first kappa shape index (κ1) is 20.4. The third kappa shape index (κ3) is 4.40. The lowest BCUT2D eigenvalue weighted by Gasteiger charge is -2.15. The number of fused-ring (bicyclic) bond motifs is 1. The molecule has 3 rings (SSSR count). The number of halogens is 1. The minimum atomic E-state index is -0.110. The molecular weight excluding hydrogens is 390 g/mol. The molecule has 2 aromatic carbocycles. The van der Waals surface area contributed by atoms with Crippen molar-refractivity contribution in [2.75, 3.05) is 5.75 Å². The van der Waals surface area contributed by atoms with Crippen molar-refractivity contribution in [3.05, 3.63) is 63.4 Å². The molecule has 0 N–H and O–H groups in total. The van der Waals surface area contributed by atoms with Gasteiger partial charge in [-0.3, -0.25) is 9.36 Å². The Balaban J connectivity index is 2.10. The van der Waals surface area contributed by atoms with Crippen molar-refractivity contribution in [1.82, 2.24) is 9.55 Å². The maximum Gasteiger partial charge on any atom is 0.266 e. The lowest BCUT2D eigenvalue weighted by atomic mass is 9.98. The highest BCUT2D eigenvalue weighted by Gasteiger charge is 2.14. The average molecular weight is 412 g/mol. The molecule has 6 heteroatoms. The zero-order chi connectivity index (χ0) is 20.1. The molecule has 0 unspecified atom stereocenters. The smallest absolute Gasteiger partial charge is 0.266 e. The zero-order valence-electron chi connectivity index (χ0n) is 16.0. The van der Waals surface area contributed by atoms with E-state index in [4.69, 9.17) is 21.8 Å². The molecule has 144 valence electrons. The predicted octanol–water partition coefficient (Wildman–Crippen LogP) is 5.95. The highest BCUT2D eigenvalue weighted by molar-refractivity contribution is 7.99. The number of hydrogen-bond donors (Lipinski definition) is 0. The van der Waals surface area contributed by atoms with Crippen molar-refractivity contribution < 1.29 is 0 Å². The van der Waals surface area contributed by atoms with Crippen LogP contribution in [0.15, 0.2) is 52.4 Å². The number of thioether (sulfide) groups is 1. The van der Waals surface area contributed by atoms with E-state index in [1.165, 1.54) is 17.3 Å². The monoisotopic (exact) mass is 411 g/mol. The van der Waals surface area contributed by atoms with Gasteiger partial charge in [0.25, 0.3) is 5.56 Å². The second-order valence-corrected chi connectivity index (χ2v) is 8.21.